The van der Waals surface area contributed by atoms with Gasteiger partial charge >= 0.3 is 0 Å². The first-order valence-corrected chi connectivity index (χ1v) is 7.75. The van der Waals surface area contributed by atoms with Crippen molar-refractivity contribution in [3.63, 3.8) is 0 Å². The van der Waals surface area contributed by atoms with Crippen LogP contribution in [0.2, 0.25) is 0 Å². The van der Waals surface area contributed by atoms with Gasteiger partial charge in [0.25, 0.3) is 0 Å². The molecule has 3 aromatic rings. The highest BCUT2D eigenvalue weighted by molar-refractivity contribution is 14.1. The van der Waals surface area contributed by atoms with Crippen LogP contribution >= 0.6 is 22.6 Å². The van der Waals surface area contributed by atoms with E-state index in [-0.39, 0.29) is 27.9 Å². The van der Waals surface area contributed by atoms with Gasteiger partial charge in [-0.1, -0.05) is 46.9 Å². The van der Waals surface area contributed by atoms with Gasteiger partial charge in [-0.25, -0.2) is 0 Å². The van der Waals surface area contributed by atoms with Gasteiger partial charge in [0.2, 0.25) is 5.43 Å². The molecule has 1 aromatic heterocycles. The minimum atomic E-state index is -0.323. The highest BCUT2D eigenvalue weighted by atomic mass is 127. The van der Waals surface area contributed by atoms with Crippen LogP contribution in [0, 0.1) is 0 Å². The van der Waals surface area contributed by atoms with E-state index < -0.39 is 0 Å². The first kappa shape index (κ1) is 13.9. The average Bonchev–Trinajstić information content (AvgIpc) is 2.47. The molecule has 5 heteroatoms. The molecule has 0 aliphatic rings. The van der Waals surface area contributed by atoms with Crippen molar-refractivity contribution >= 4 is 33.6 Å². The van der Waals surface area contributed by atoms with E-state index in [1.165, 1.54) is 12.3 Å². The fourth-order valence-corrected chi connectivity index (χ4v) is 2.70. The molecule has 3 rings (SSSR count). The third kappa shape index (κ3) is 2.49. The molecule has 0 saturated heterocycles. The monoisotopic (exact) mass is 394 g/mol. The summed E-state index contributed by atoms with van der Waals surface area (Å²) in [5, 5.41) is 19.4. The second-order valence-electron chi connectivity index (χ2n) is 4.65. The highest BCUT2D eigenvalue weighted by Crippen LogP contribution is 2.29. The normalized spacial score (nSPS) is 10.9. The summed E-state index contributed by atoms with van der Waals surface area (Å²) in [5.74, 6) is -0.438. The van der Waals surface area contributed by atoms with Gasteiger partial charge in [0.15, 0.2) is 0 Å². The summed E-state index contributed by atoms with van der Waals surface area (Å²) in [5.41, 5.74) is 2.11. The molecule has 2 N–H and O–H groups in total. The van der Waals surface area contributed by atoms with Gasteiger partial charge in [-0.05, 0) is 11.1 Å². The zero-order chi connectivity index (χ0) is 15.0. The summed E-state index contributed by atoms with van der Waals surface area (Å²) in [7, 11) is 0. The third-order valence-corrected chi connectivity index (χ3v) is 4.14. The molecule has 0 amide bonds. The first-order valence-electron chi connectivity index (χ1n) is 6.23. The number of rotatable bonds is 2. The van der Waals surface area contributed by atoms with Crippen LogP contribution in [0.4, 0.5) is 0 Å². The number of phenolic OH excluding ortho intramolecular Hbond substituents is 2. The summed E-state index contributed by atoms with van der Waals surface area (Å²) in [6, 6.07) is 10.0. The number of aromatic hydroxyl groups is 2. The molecule has 1 heterocycles. The molecule has 0 unspecified atom stereocenters. The van der Waals surface area contributed by atoms with Crippen LogP contribution in [-0.2, 0) is 4.43 Å². The van der Waals surface area contributed by atoms with E-state index in [0.29, 0.717) is 5.56 Å². The Morgan fingerprint density at radius 2 is 1.81 bits per heavy atom. The zero-order valence-corrected chi connectivity index (χ0v) is 13.0. The summed E-state index contributed by atoms with van der Waals surface area (Å²) < 4.78 is 6.27. The molecule has 0 fully saturated rings. The lowest BCUT2D eigenvalue weighted by Crippen LogP contribution is -2.05. The van der Waals surface area contributed by atoms with Crippen LogP contribution < -0.4 is 5.43 Å². The molecule has 0 atom stereocenters. The maximum absolute atomic E-state index is 12.5. The number of hydrogen-bond acceptors (Lipinski definition) is 4. The second kappa shape index (κ2) is 5.40. The molecule has 0 aliphatic carbocycles. The quantitative estimate of drug-likeness (QED) is 0.513. The van der Waals surface area contributed by atoms with Crippen LogP contribution in [-0.4, -0.2) is 10.2 Å². The van der Waals surface area contributed by atoms with E-state index >= 15 is 0 Å². The molecule has 0 bridgehead atoms. The maximum Gasteiger partial charge on any atom is 0.204 e. The lowest BCUT2D eigenvalue weighted by atomic mass is 10.0. The summed E-state index contributed by atoms with van der Waals surface area (Å²) in [6.45, 7) is 0. The van der Waals surface area contributed by atoms with Crippen molar-refractivity contribution in [3.8, 4) is 22.6 Å². The van der Waals surface area contributed by atoms with E-state index in [9.17, 15) is 15.0 Å². The Morgan fingerprint density at radius 1 is 1.10 bits per heavy atom. The van der Waals surface area contributed by atoms with E-state index in [0.717, 1.165) is 21.6 Å². The fraction of sp³-hybridized carbons (Fsp3) is 0.0625. The first-order chi connectivity index (χ1) is 10.1. The van der Waals surface area contributed by atoms with Crippen molar-refractivity contribution in [1.29, 1.82) is 0 Å². The topological polar surface area (TPSA) is 70.7 Å². The van der Waals surface area contributed by atoms with E-state index in [4.69, 9.17) is 4.42 Å². The number of hydrogen-bond donors (Lipinski definition) is 2. The van der Waals surface area contributed by atoms with Crippen molar-refractivity contribution in [2.24, 2.45) is 0 Å². The van der Waals surface area contributed by atoms with Crippen LogP contribution in [0.25, 0.3) is 22.1 Å². The van der Waals surface area contributed by atoms with E-state index in [2.05, 4.69) is 22.6 Å². The zero-order valence-electron chi connectivity index (χ0n) is 10.8. The average molecular weight is 394 g/mol. The summed E-state index contributed by atoms with van der Waals surface area (Å²) in [4.78, 5) is 12.5. The van der Waals surface area contributed by atoms with Crippen molar-refractivity contribution in [3.05, 3.63) is 58.4 Å². The fourth-order valence-electron chi connectivity index (χ4n) is 2.19. The molecule has 0 radical (unpaired) electrons. The number of halogens is 1. The second-order valence-corrected chi connectivity index (χ2v) is 5.41. The summed E-state index contributed by atoms with van der Waals surface area (Å²) in [6.07, 6.45) is 1.35. The maximum atomic E-state index is 12.5. The van der Waals surface area contributed by atoms with Crippen molar-refractivity contribution < 1.29 is 14.6 Å². The van der Waals surface area contributed by atoms with Crippen molar-refractivity contribution in [2.75, 3.05) is 0 Å². The van der Waals surface area contributed by atoms with Gasteiger partial charge in [0.05, 0.1) is 5.56 Å². The van der Waals surface area contributed by atoms with E-state index in [1.807, 2.05) is 24.3 Å². The van der Waals surface area contributed by atoms with Gasteiger partial charge in [0.1, 0.15) is 28.7 Å². The minimum absolute atomic E-state index is 0.0725. The minimum Gasteiger partial charge on any atom is -0.508 e. The SMILES string of the molecule is O=c1c(-c2ccc(CI)cc2)coc2cc(O)cc(O)c12. The Balaban J connectivity index is 2.24. The molecule has 2 aromatic carbocycles. The standard InChI is InChI=1S/C16H11IO4/c17-7-9-1-3-10(4-2-9)12-8-21-14-6-11(18)5-13(19)15(14)16(12)20/h1-6,8,18-19H,7H2. The lowest BCUT2D eigenvalue weighted by molar-refractivity contribution is 0.452. The molecule has 21 heavy (non-hydrogen) atoms. The number of fused-ring (bicyclic) bond motifs is 1. The summed E-state index contributed by atoms with van der Waals surface area (Å²) >= 11 is 2.27. The van der Waals surface area contributed by atoms with Crippen molar-refractivity contribution in [2.45, 2.75) is 4.43 Å². The number of alkyl halides is 1. The molecular formula is C16H11IO4. The molecule has 0 aliphatic heterocycles. The number of phenols is 2. The lowest BCUT2D eigenvalue weighted by Gasteiger charge is -2.05. The Labute approximate surface area is 133 Å². The van der Waals surface area contributed by atoms with Gasteiger partial charge in [-0.2, -0.15) is 0 Å². The van der Waals surface area contributed by atoms with Crippen LogP contribution in [0.15, 0.2) is 51.9 Å². The van der Waals surface area contributed by atoms with Gasteiger partial charge in [-0.3, -0.25) is 4.79 Å². The Kier molecular flexibility index (Phi) is 3.59. The number of benzene rings is 2. The third-order valence-electron chi connectivity index (χ3n) is 3.26. The van der Waals surface area contributed by atoms with E-state index in [1.54, 1.807) is 0 Å². The Hall–Kier alpha value is -2.02. The largest absolute Gasteiger partial charge is 0.508 e. The van der Waals surface area contributed by atoms with Gasteiger partial charge < -0.3 is 14.6 Å². The van der Waals surface area contributed by atoms with Gasteiger partial charge in [0, 0.05) is 16.6 Å². The molecule has 0 spiro atoms. The smallest absolute Gasteiger partial charge is 0.204 e. The van der Waals surface area contributed by atoms with Crippen LogP contribution in [0.3, 0.4) is 0 Å². The van der Waals surface area contributed by atoms with Gasteiger partial charge in [-0.15, -0.1) is 0 Å². The van der Waals surface area contributed by atoms with Crippen LogP contribution in [0.5, 0.6) is 11.5 Å². The molecule has 106 valence electrons. The highest BCUT2D eigenvalue weighted by Gasteiger charge is 2.13. The molecular weight excluding hydrogens is 383 g/mol. The van der Waals surface area contributed by atoms with Crippen LogP contribution in [0.1, 0.15) is 5.56 Å². The molecule has 4 nitrogen and oxygen atoms in total. The van der Waals surface area contributed by atoms with Crippen molar-refractivity contribution in [1.82, 2.24) is 0 Å². The predicted molar refractivity (Wildman–Crippen MR) is 89.0 cm³/mol. The Morgan fingerprint density at radius 3 is 2.48 bits per heavy atom. The Bertz CT molecular complexity index is 866. The molecule has 0 saturated carbocycles. The predicted octanol–water partition coefficient (Wildman–Crippen LogP) is 3.81.